The van der Waals surface area contributed by atoms with E-state index in [1.807, 2.05) is 0 Å². The molecule has 0 radical (unpaired) electrons. The predicted molar refractivity (Wildman–Crippen MR) is 64.3 cm³/mol. The van der Waals surface area contributed by atoms with Gasteiger partial charge in [0.25, 0.3) is 0 Å². The van der Waals surface area contributed by atoms with Crippen molar-refractivity contribution in [3.05, 3.63) is 48.6 Å². The van der Waals surface area contributed by atoms with Crippen LogP contribution >= 0.6 is 0 Å². The Kier molecular flexibility index (Phi) is 6.74. The van der Waals surface area contributed by atoms with Crippen LogP contribution in [0.5, 0.6) is 0 Å². The maximum atomic E-state index is 2.32. The van der Waals surface area contributed by atoms with Gasteiger partial charge in [0.15, 0.2) is 0 Å². The Morgan fingerprint density at radius 2 is 0.857 bits per heavy atom. The van der Waals surface area contributed by atoms with Gasteiger partial charge in [-0.05, 0) is 38.5 Å². The Morgan fingerprint density at radius 3 is 1.36 bits per heavy atom. The number of hydrogen-bond acceptors (Lipinski definition) is 0. The van der Waals surface area contributed by atoms with Gasteiger partial charge in [-0.15, -0.1) is 0 Å². The summed E-state index contributed by atoms with van der Waals surface area (Å²) in [7, 11) is 0. The average Bonchev–Trinajstić information content (AvgIpc) is 2.22. The SMILES string of the molecule is C1=C/C=C\CCC/C=C/CCCC=C1. The largest absolute Gasteiger partial charge is 0.0885 e. The third-order valence-corrected chi connectivity index (χ3v) is 2.26. The highest BCUT2D eigenvalue weighted by Gasteiger charge is 1.82. The first-order valence-corrected chi connectivity index (χ1v) is 5.63. The molecule has 0 aromatic heterocycles. The third kappa shape index (κ3) is 6.47. The van der Waals surface area contributed by atoms with Crippen molar-refractivity contribution in [3.63, 3.8) is 0 Å². The number of rotatable bonds is 0. The summed E-state index contributed by atoms with van der Waals surface area (Å²) in [6, 6.07) is 0. The van der Waals surface area contributed by atoms with E-state index in [2.05, 4.69) is 48.6 Å². The molecule has 0 nitrogen and oxygen atoms in total. The molecule has 1 aliphatic rings. The summed E-state index contributed by atoms with van der Waals surface area (Å²) in [6.45, 7) is 0. The lowest BCUT2D eigenvalue weighted by molar-refractivity contribution is 0.840. The molecule has 0 unspecified atom stereocenters. The Hall–Kier alpha value is -1.04. The van der Waals surface area contributed by atoms with Crippen molar-refractivity contribution in [2.75, 3.05) is 0 Å². The first-order chi connectivity index (χ1) is 7.00. The molecule has 0 heterocycles. The normalized spacial score (nSPS) is 24.0. The van der Waals surface area contributed by atoms with Crippen LogP contribution in [0.2, 0.25) is 0 Å². The smallest absolute Gasteiger partial charge is 0.0345 e. The van der Waals surface area contributed by atoms with Crippen LogP contribution in [-0.4, -0.2) is 0 Å². The van der Waals surface area contributed by atoms with E-state index in [0.717, 1.165) is 0 Å². The van der Waals surface area contributed by atoms with Crippen molar-refractivity contribution in [2.45, 2.75) is 38.5 Å². The zero-order chi connectivity index (χ0) is 9.90. The minimum Gasteiger partial charge on any atom is -0.0885 e. The van der Waals surface area contributed by atoms with Crippen LogP contribution in [0.1, 0.15) is 38.5 Å². The van der Waals surface area contributed by atoms with Crippen LogP contribution in [0.3, 0.4) is 0 Å². The van der Waals surface area contributed by atoms with Crippen molar-refractivity contribution >= 4 is 0 Å². The monoisotopic (exact) mass is 188 g/mol. The van der Waals surface area contributed by atoms with E-state index >= 15 is 0 Å². The van der Waals surface area contributed by atoms with Gasteiger partial charge in [-0.3, -0.25) is 0 Å². The van der Waals surface area contributed by atoms with Crippen LogP contribution in [0.15, 0.2) is 48.6 Å². The number of allylic oxidation sites excluding steroid dienone is 8. The van der Waals surface area contributed by atoms with E-state index in [1.54, 1.807) is 0 Å². The van der Waals surface area contributed by atoms with Crippen LogP contribution in [0.25, 0.3) is 0 Å². The molecule has 0 fully saturated rings. The first-order valence-electron chi connectivity index (χ1n) is 5.63. The molecule has 1 aliphatic carbocycles. The zero-order valence-electron chi connectivity index (χ0n) is 8.86. The van der Waals surface area contributed by atoms with Crippen molar-refractivity contribution in [1.29, 1.82) is 0 Å². The van der Waals surface area contributed by atoms with Crippen molar-refractivity contribution in [3.8, 4) is 0 Å². The van der Waals surface area contributed by atoms with E-state index in [-0.39, 0.29) is 0 Å². The van der Waals surface area contributed by atoms with Gasteiger partial charge in [-0.1, -0.05) is 48.6 Å². The summed E-state index contributed by atoms with van der Waals surface area (Å²) in [6.07, 6.45) is 25.0. The summed E-state index contributed by atoms with van der Waals surface area (Å²) in [5, 5.41) is 0. The second kappa shape index (κ2) is 8.55. The summed E-state index contributed by atoms with van der Waals surface area (Å²) in [5.41, 5.74) is 0. The van der Waals surface area contributed by atoms with Crippen LogP contribution in [0, 0.1) is 0 Å². The third-order valence-electron chi connectivity index (χ3n) is 2.26. The maximum Gasteiger partial charge on any atom is -0.0345 e. The first kappa shape index (κ1) is 11.0. The van der Waals surface area contributed by atoms with Crippen molar-refractivity contribution in [2.24, 2.45) is 0 Å². The molecule has 0 heteroatoms. The number of hydrogen-bond donors (Lipinski definition) is 0. The highest BCUT2D eigenvalue weighted by Crippen LogP contribution is 2.03. The molecule has 76 valence electrons. The molecule has 0 amide bonds. The fourth-order valence-corrected chi connectivity index (χ4v) is 1.42. The summed E-state index contributed by atoms with van der Waals surface area (Å²) < 4.78 is 0. The maximum absolute atomic E-state index is 2.32. The van der Waals surface area contributed by atoms with Gasteiger partial charge in [0.1, 0.15) is 0 Å². The molecular weight excluding hydrogens is 168 g/mol. The standard InChI is InChI=1S/C14H20/c1-2-4-6-8-10-12-14-13-11-9-7-5-3-1/h1-6,13-14H,7-12H2/b2-1?,5-3-,6-4?,14-13+. The molecule has 0 N–H and O–H groups in total. The molecule has 1 rings (SSSR count). The lowest BCUT2D eigenvalue weighted by atomic mass is 10.1. The highest BCUT2D eigenvalue weighted by molar-refractivity contribution is 5.11. The van der Waals surface area contributed by atoms with Crippen molar-refractivity contribution in [1.82, 2.24) is 0 Å². The second-order valence-electron chi connectivity index (χ2n) is 3.57. The predicted octanol–water partition coefficient (Wildman–Crippen LogP) is 4.57. The quantitative estimate of drug-likeness (QED) is 0.489. The fraction of sp³-hybridized carbons (Fsp3) is 0.429. The molecule has 0 saturated heterocycles. The Morgan fingerprint density at radius 1 is 0.429 bits per heavy atom. The Balaban J connectivity index is 2.35. The second-order valence-corrected chi connectivity index (χ2v) is 3.57. The summed E-state index contributed by atoms with van der Waals surface area (Å²) in [4.78, 5) is 0. The Labute approximate surface area is 87.7 Å². The van der Waals surface area contributed by atoms with Gasteiger partial charge in [-0.2, -0.15) is 0 Å². The molecule has 0 aromatic rings. The minimum atomic E-state index is 1.19. The molecule has 0 aliphatic heterocycles. The fourth-order valence-electron chi connectivity index (χ4n) is 1.42. The molecule has 0 bridgehead atoms. The van der Waals surface area contributed by atoms with Gasteiger partial charge in [0, 0.05) is 0 Å². The van der Waals surface area contributed by atoms with Crippen molar-refractivity contribution < 1.29 is 0 Å². The van der Waals surface area contributed by atoms with Gasteiger partial charge in [-0.25, -0.2) is 0 Å². The van der Waals surface area contributed by atoms with E-state index < -0.39 is 0 Å². The molecule has 0 atom stereocenters. The molecule has 0 aromatic carbocycles. The molecule has 0 saturated carbocycles. The van der Waals surface area contributed by atoms with Crippen LogP contribution in [0.4, 0.5) is 0 Å². The van der Waals surface area contributed by atoms with Gasteiger partial charge in [0.05, 0.1) is 0 Å². The average molecular weight is 188 g/mol. The van der Waals surface area contributed by atoms with Crippen LogP contribution < -0.4 is 0 Å². The van der Waals surface area contributed by atoms with E-state index in [1.165, 1.54) is 38.5 Å². The zero-order valence-corrected chi connectivity index (χ0v) is 8.86. The van der Waals surface area contributed by atoms with E-state index in [9.17, 15) is 0 Å². The highest BCUT2D eigenvalue weighted by atomic mass is 13.9. The molecule has 0 spiro atoms. The summed E-state index contributed by atoms with van der Waals surface area (Å²) >= 11 is 0. The van der Waals surface area contributed by atoms with Gasteiger partial charge in [0.2, 0.25) is 0 Å². The summed E-state index contributed by atoms with van der Waals surface area (Å²) in [5.74, 6) is 0. The van der Waals surface area contributed by atoms with E-state index in [4.69, 9.17) is 0 Å². The lowest BCUT2D eigenvalue weighted by Gasteiger charge is -1.92. The molecular formula is C14H20. The topological polar surface area (TPSA) is 0 Å². The van der Waals surface area contributed by atoms with E-state index in [0.29, 0.717) is 0 Å². The van der Waals surface area contributed by atoms with Crippen LogP contribution in [-0.2, 0) is 0 Å². The van der Waals surface area contributed by atoms with Gasteiger partial charge >= 0.3 is 0 Å². The molecule has 14 heavy (non-hydrogen) atoms. The lowest BCUT2D eigenvalue weighted by Crippen LogP contribution is -1.72. The minimum absolute atomic E-state index is 1.19. The Bertz CT molecular complexity index is 204. The van der Waals surface area contributed by atoms with Gasteiger partial charge < -0.3 is 0 Å².